The summed E-state index contributed by atoms with van der Waals surface area (Å²) in [7, 11) is 1.80. The van der Waals surface area contributed by atoms with Gasteiger partial charge in [-0.05, 0) is 48.2 Å². The van der Waals surface area contributed by atoms with Gasteiger partial charge in [-0.2, -0.15) is 0 Å². The molecule has 0 aliphatic carbocycles. The van der Waals surface area contributed by atoms with Crippen LogP contribution in [0.5, 0.6) is 0 Å². The molecule has 6 nitrogen and oxygen atoms in total. The second-order valence-corrected chi connectivity index (χ2v) is 7.45. The van der Waals surface area contributed by atoms with E-state index in [0.717, 1.165) is 28.1 Å². The summed E-state index contributed by atoms with van der Waals surface area (Å²) in [5.41, 5.74) is 4.82. The van der Waals surface area contributed by atoms with Crippen molar-refractivity contribution >= 4 is 5.91 Å². The third-order valence-corrected chi connectivity index (χ3v) is 5.13. The first kappa shape index (κ1) is 21.0. The molecule has 0 spiro atoms. The van der Waals surface area contributed by atoms with Crippen molar-refractivity contribution < 1.29 is 4.79 Å². The lowest BCUT2D eigenvalue weighted by Gasteiger charge is -2.14. The van der Waals surface area contributed by atoms with E-state index in [-0.39, 0.29) is 11.9 Å². The summed E-state index contributed by atoms with van der Waals surface area (Å²) >= 11 is 0. The molecule has 1 amide bonds. The van der Waals surface area contributed by atoms with Gasteiger partial charge in [-0.3, -0.25) is 9.48 Å². The molecule has 0 saturated carbocycles. The van der Waals surface area contributed by atoms with Crippen molar-refractivity contribution in [3.8, 4) is 11.8 Å². The summed E-state index contributed by atoms with van der Waals surface area (Å²) in [6.07, 6.45) is 2.31. The highest BCUT2D eigenvalue weighted by Gasteiger charge is 2.20. The fourth-order valence-electron chi connectivity index (χ4n) is 3.32. The van der Waals surface area contributed by atoms with Crippen LogP contribution in [-0.2, 0) is 13.5 Å². The predicted molar refractivity (Wildman–Crippen MR) is 123 cm³/mol. The quantitative estimate of drug-likeness (QED) is 0.499. The second kappa shape index (κ2) is 9.71. The van der Waals surface area contributed by atoms with Gasteiger partial charge in [0.25, 0.3) is 5.91 Å². The summed E-state index contributed by atoms with van der Waals surface area (Å²) in [6.45, 7) is 1.94. The number of hydrogen-bond donors (Lipinski definition) is 1. The van der Waals surface area contributed by atoms with E-state index >= 15 is 0 Å². The number of benzene rings is 2. The average molecular weight is 422 g/mol. The number of aromatic nitrogens is 4. The zero-order valence-corrected chi connectivity index (χ0v) is 18.0. The molecule has 0 fully saturated rings. The molecule has 0 unspecified atom stereocenters. The number of pyridine rings is 1. The van der Waals surface area contributed by atoms with Crippen LogP contribution in [0.3, 0.4) is 0 Å². The Balaban J connectivity index is 1.44. The molecule has 2 heterocycles. The number of nitrogens with one attached hydrogen (secondary N) is 1. The number of carbonyl (C=O) groups is 1. The van der Waals surface area contributed by atoms with Gasteiger partial charge in [0.2, 0.25) is 0 Å². The minimum atomic E-state index is -0.240. The number of amides is 1. The van der Waals surface area contributed by atoms with Crippen molar-refractivity contribution in [1.82, 2.24) is 25.3 Å². The molecule has 0 bridgehead atoms. The lowest BCUT2D eigenvalue weighted by molar-refractivity contribution is 0.0934. The fraction of sp³-hybridized carbons (Fsp3) is 0.154. The van der Waals surface area contributed by atoms with Crippen molar-refractivity contribution in [2.45, 2.75) is 19.4 Å². The zero-order chi connectivity index (χ0) is 22.3. The standard InChI is InChI=1S/C26H23N5O/c1-19(22-14-11-20(12-15-22)13-16-23-10-6-7-17-27-23)28-26(32)25-24(31(2)30-29-25)18-21-8-4-3-5-9-21/h3-12,14-15,17,19H,18H2,1-2H3,(H,28,32)/t19-/m0/s1. The topological polar surface area (TPSA) is 72.7 Å². The molecule has 1 N–H and O–H groups in total. The molecule has 4 aromatic rings. The van der Waals surface area contributed by atoms with Crippen LogP contribution in [0.15, 0.2) is 79.0 Å². The maximum Gasteiger partial charge on any atom is 0.274 e. The van der Waals surface area contributed by atoms with Gasteiger partial charge in [0.1, 0.15) is 5.69 Å². The van der Waals surface area contributed by atoms with E-state index < -0.39 is 0 Å². The Labute approximate surface area is 187 Å². The van der Waals surface area contributed by atoms with Gasteiger partial charge >= 0.3 is 0 Å². The van der Waals surface area contributed by atoms with Crippen LogP contribution in [0.25, 0.3) is 0 Å². The highest BCUT2D eigenvalue weighted by Crippen LogP contribution is 2.16. The van der Waals surface area contributed by atoms with Crippen molar-refractivity contribution in [1.29, 1.82) is 0 Å². The maximum atomic E-state index is 12.9. The molecule has 0 radical (unpaired) electrons. The van der Waals surface area contributed by atoms with E-state index in [4.69, 9.17) is 0 Å². The Morgan fingerprint density at radius 3 is 2.47 bits per heavy atom. The predicted octanol–water partition coefficient (Wildman–Crippen LogP) is 3.69. The van der Waals surface area contributed by atoms with E-state index in [2.05, 4.69) is 32.5 Å². The number of hydrogen-bond acceptors (Lipinski definition) is 4. The molecule has 2 aromatic heterocycles. The van der Waals surface area contributed by atoms with Crippen LogP contribution in [0.1, 0.15) is 51.5 Å². The van der Waals surface area contributed by atoms with Gasteiger partial charge in [0.05, 0.1) is 11.7 Å². The minimum Gasteiger partial charge on any atom is -0.344 e. The Bertz CT molecular complexity index is 1250. The molecule has 0 aliphatic heterocycles. The molecule has 158 valence electrons. The minimum absolute atomic E-state index is 0.188. The zero-order valence-electron chi connectivity index (χ0n) is 18.0. The van der Waals surface area contributed by atoms with E-state index in [0.29, 0.717) is 12.1 Å². The molecular weight excluding hydrogens is 398 g/mol. The largest absolute Gasteiger partial charge is 0.344 e. The molecule has 6 heteroatoms. The summed E-state index contributed by atoms with van der Waals surface area (Å²) < 4.78 is 1.65. The summed E-state index contributed by atoms with van der Waals surface area (Å²) in [5, 5.41) is 11.2. The molecule has 4 rings (SSSR count). The van der Waals surface area contributed by atoms with Crippen LogP contribution in [0.4, 0.5) is 0 Å². The van der Waals surface area contributed by atoms with E-state index in [1.807, 2.05) is 79.7 Å². The SMILES string of the molecule is C[C@H](NC(=O)c1nnn(C)c1Cc1ccccc1)c1ccc(C#Cc2ccccn2)cc1. The van der Waals surface area contributed by atoms with E-state index in [9.17, 15) is 4.79 Å². The van der Waals surface area contributed by atoms with Gasteiger partial charge < -0.3 is 5.32 Å². The maximum absolute atomic E-state index is 12.9. The number of aryl methyl sites for hydroxylation is 1. The van der Waals surface area contributed by atoms with Gasteiger partial charge in [-0.25, -0.2) is 4.98 Å². The van der Waals surface area contributed by atoms with E-state index in [1.54, 1.807) is 17.9 Å². The van der Waals surface area contributed by atoms with Crippen molar-refractivity contribution in [2.24, 2.45) is 7.05 Å². The first-order valence-electron chi connectivity index (χ1n) is 10.4. The first-order chi connectivity index (χ1) is 15.6. The average Bonchev–Trinajstić information content (AvgIpc) is 3.19. The third-order valence-electron chi connectivity index (χ3n) is 5.13. The van der Waals surface area contributed by atoms with Crippen molar-refractivity contribution in [3.05, 3.63) is 113 Å². The van der Waals surface area contributed by atoms with Crippen LogP contribution in [0, 0.1) is 11.8 Å². The van der Waals surface area contributed by atoms with Crippen LogP contribution in [-0.4, -0.2) is 25.9 Å². The fourth-order valence-corrected chi connectivity index (χ4v) is 3.32. The molecule has 0 aliphatic rings. The van der Waals surface area contributed by atoms with Gasteiger partial charge in [-0.1, -0.05) is 59.7 Å². The monoisotopic (exact) mass is 421 g/mol. The smallest absolute Gasteiger partial charge is 0.274 e. The molecular formula is C26H23N5O. The first-order valence-corrected chi connectivity index (χ1v) is 10.4. The highest BCUT2D eigenvalue weighted by atomic mass is 16.2. The number of rotatable bonds is 5. The lowest BCUT2D eigenvalue weighted by atomic mass is 10.1. The van der Waals surface area contributed by atoms with Crippen molar-refractivity contribution in [3.63, 3.8) is 0 Å². The number of nitrogens with zero attached hydrogens (tertiary/aromatic N) is 4. The van der Waals surface area contributed by atoms with E-state index in [1.165, 1.54) is 0 Å². The highest BCUT2D eigenvalue weighted by molar-refractivity contribution is 5.93. The second-order valence-electron chi connectivity index (χ2n) is 7.45. The van der Waals surface area contributed by atoms with Crippen molar-refractivity contribution in [2.75, 3.05) is 0 Å². The molecule has 2 aromatic carbocycles. The molecule has 1 atom stereocenters. The van der Waals surface area contributed by atoms with Crippen LogP contribution < -0.4 is 5.32 Å². The van der Waals surface area contributed by atoms with Crippen LogP contribution >= 0.6 is 0 Å². The summed E-state index contributed by atoms with van der Waals surface area (Å²) in [4.78, 5) is 17.1. The summed E-state index contributed by atoms with van der Waals surface area (Å²) in [5.74, 6) is 5.91. The van der Waals surface area contributed by atoms with Gasteiger partial charge in [0, 0.05) is 25.2 Å². The Morgan fingerprint density at radius 2 is 1.75 bits per heavy atom. The number of carbonyl (C=O) groups excluding carboxylic acids is 1. The normalized spacial score (nSPS) is 11.3. The molecule has 0 saturated heterocycles. The van der Waals surface area contributed by atoms with Crippen LogP contribution in [0.2, 0.25) is 0 Å². The molecule has 32 heavy (non-hydrogen) atoms. The summed E-state index contributed by atoms with van der Waals surface area (Å²) in [6, 6.07) is 23.2. The lowest BCUT2D eigenvalue weighted by Crippen LogP contribution is -2.28. The Morgan fingerprint density at radius 1 is 1.00 bits per heavy atom. The van der Waals surface area contributed by atoms with Gasteiger partial charge in [0.15, 0.2) is 5.69 Å². The Kier molecular flexibility index (Phi) is 6.38. The third kappa shape index (κ3) is 5.08. The Hall–Kier alpha value is -4.24. The van der Waals surface area contributed by atoms with Gasteiger partial charge in [-0.15, -0.1) is 5.10 Å².